The summed E-state index contributed by atoms with van der Waals surface area (Å²) in [5, 5.41) is 36.4. The summed E-state index contributed by atoms with van der Waals surface area (Å²) >= 11 is 6.09. The highest BCUT2D eigenvalue weighted by atomic mass is 35.5. The summed E-state index contributed by atoms with van der Waals surface area (Å²) in [6, 6.07) is 16.8. The number of hydrogen-bond acceptors (Lipinski definition) is 9. The van der Waals surface area contributed by atoms with Gasteiger partial charge in [0, 0.05) is 25.2 Å². The van der Waals surface area contributed by atoms with Crippen molar-refractivity contribution >= 4 is 63.9 Å². The highest BCUT2D eigenvalue weighted by Crippen LogP contribution is 2.33. The first-order valence-electron chi connectivity index (χ1n) is 17.0. The third-order valence-corrected chi connectivity index (χ3v) is 9.49. The monoisotopic (exact) mass is 788 g/mol. The molecule has 0 bridgehead atoms. The van der Waals surface area contributed by atoms with Crippen LogP contribution in [-0.2, 0) is 14.8 Å². The Morgan fingerprint density at radius 3 is 2.24 bits per heavy atom. The molecule has 51 heavy (non-hydrogen) atoms. The fourth-order valence-corrected chi connectivity index (χ4v) is 6.67. The van der Waals surface area contributed by atoms with E-state index in [1.807, 2.05) is 24.3 Å². The van der Waals surface area contributed by atoms with Gasteiger partial charge in [0.15, 0.2) is 0 Å². The maximum atomic E-state index is 12.7. The van der Waals surface area contributed by atoms with Gasteiger partial charge in [-0.2, -0.15) is 0 Å². The smallest absolute Gasteiger partial charge is 0.411 e. The quantitative estimate of drug-likeness (QED) is 0.0561. The maximum Gasteiger partial charge on any atom is 0.411 e. The second kappa shape index (κ2) is 22.2. The number of likely N-dealkylation sites (tertiary alicyclic amines) is 1. The van der Waals surface area contributed by atoms with E-state index in [4.69, 9.17) is 16.3 Å². The van der Waals surface area contributed by atoms with Crippen LogP contribution in [0.4, 0.5) is 16.2 Å². The largest absolute Gasteiger partial charge is 0.506 e. The number of phenolic OH excluding ortho intramolecular Hbond substituents is 2. The summed E-state index contributed by atoms with van der Waals surface area (Å²) in [6.07, 6.45) is 9.26. The topological polar surface area (TPSA) is 160 Å². The minimum absolute atomic E-state index is 0. The van der Waals surface area contributed by atoms with Gasteiger partial charge in [-0.1, -0.05) is 74.0 Å². The Morgan fingerprint density at radius 2 is 1.55 bits per heavy atom. The summed E-state index contributed by atoms with van der Waals surface area (Å²) in [7, 11) is -3.54. The van der Waals surface area contributed by atoms with Crippen LogP contribution >= 0.6 is 36.4 Å². The molecule has 0 unspecified atom stereocenters. The number of hydrogen-bond donors (Lipinski definition) is 6. The van der Waals surface area contributed by atoms with Crippen molar-refractivity contribution in [1.29, 1.82) is 0 Å². The van der Waals surface area contributed by atoms with Crippen LogP contribution < -0.4 is 15.4 Å². The molecule has 0 radical (unpaired) electrons. The molecule has 1 heterocycles. The molecule has 3 aromatic rings. The second-order valence-corrected chi connectivity index (χ2v) is 14.8. The lowest BCUT2D eigenvalue weighted by Crippen LogP contribution is -2.38. The molecule has 1 saturated heterocycles. The number of nitrogens with one attached hydrogen (secondary N) is 3. The van der Waals surface area contributed by atoms with E-state index in [2.05, 4.69) is 20.3 Å². The van der Waals surface area contributed by atoms with Gasteiger partial charge in [0.05, 0.1) is 28.8 Å². The predicted octanol–water partition coefficient (Wildman–Crippen LogP) is 7.70. The SMILES string of the molecule is CS(=O)(=O)Nc1cc([C@@H](O)CNCCCCCCCCCN2CCC(OC(=O)Nc3ccccc3-c3ccc(O)c(Cl)c3)CC2)ccc1O.Cl.Cl. The van der Waals surface area contributed by atoms with Gasteiger partial charge < -0.3 is 30.3 Å². The number of anilines is 2. The molecule has 0 spiro atoms. The summed E-state index contributed by atoms with van der Waals surface area (Å²) in [4.78, 5) is 15.2. The van der Waals surface area contributed by atoms with Crippen LogP contribution in [0.25, 0.3) is 11.1 Å². The molecule has 3 aromatic carbocycles. The van der Waals surface area contributed by atoms with Crippen molar-refractivity contribution in [2.24, 2.45) is 0 Å². The first kappa shape index (κ1) is 44.2. The van der Waals surface area contributed by atoms with Crippen molar-refractivity contribution in [1.82, 2.24) is 10.2 Å². The standard InChI is InChI=1S/C36H49ClN4O7S.2ClH/c1-49(46,47)40-32-24-27(14-16-34(32)43)35(44)25-38-19-9-5-3-2-4-6-10-20-41-21-17-28(18-22-41)48-36(45)39-31-12-8-7-11-29(31)26-13-15-33(42)30(37)23-26;;/h7-8,11-16,23-24,28,35,38,40,42-44H,2-6,9-10,17-22,25H2,1H3,(H,39,45);2*1H/t35-;;/m0../s1. The summed E-state index contributed by atoms with van der Waals surface area (Å²) < 4.78 is 31.0. The number of aliphatic hydroxyl groups excluding tert-OH is 1. The fraction of sp³-hybridized carbons (Fsp3) is 0.472. The highest BCUT2D eigenvalue weighted by Gasteiger charge is 2.22. The van der Waals surface area contributed by atoms with Crippen LogP contribution in [0.3, 0.4) is 0 Å². The number of aromatic hydroxyl groups is 2. The van der Waals surface area contributed by atoms with Crippen LogP contribution in [-0.4, -0.2) is 79.8 Å². The van der Waals surface area contributed by atoms with E-state index in [0.717, 1.165) is 75.7 Å². The summed E-state index contributed by atoms with van der Waals surface area (Å²) in [5.74, 6) is -0.185. The van der Waals surface area contributed by atoms with Crippen molar-refractivity contribution in [2.45, 2.75) is 70.0 Å². The number of nitrogens with zero attached hydrogens (tertiary/aromatic N) is 1. The first-order chi connectivity index (χ1) is 23.5. The average molecular weight is 790 g/mol. The predicted molar refractivity (Wildman–Crippen MR) is 209 cm³/mol. The van der Waals surface area contributed by atoms with E-state index in [1.165, 1.54) is 43.9 Å². The number of piperidine rings is 1. The van der Waals surface area contributed by atoms with Crippen LogP contribution in [0.5, 0.6) is 11.5 Å². The molecule has 1 amide bonds. The lowest BCUT2D eigenvalue weighted by atomic mass is 10.0. The zero-order valence-corrected chi connectivity index (χ0v) is 32.1. The fourth-order valence-electron chi connectivity index (χ4n) is 5.93. The van der Waals surface area contributed by atoms with Crippen LogP contribution in [0.2, 0.25) is 5.02 Å². The molecule has 15 heteroatoms. The Balaban J connectivity index is 0.00000451. The van der Waals surface area contributed by atoms with Gasteiger partial charge in [0.2, 0.25) is 10.0 Å². The molecule has 6 N–H and O–H groups in total. The number of ether oxygens (including phenoxy) is 1. The molecule has 0 aliphatic carbocycles. The van der Waals surface area contributed by atoms with Crippen LogP contribution in [0, 0.1) is 0 Å². The zero-order valence-electron chi connectivity index (χ0n) is 28.9. The van der Waals surface area contributed by atoms with Gasteiger partial charge in [-0.05, 0) is 80.2 Å². The van der Waals surface area contributed by atoms with Gasteiger partial charge in [-0.3, -0.25) is 10.0 Å². The third kappa shape index (κ3) is 15.3. The third-order valence-electron chi connectivity index (χ3n) is 8.60. The van der Waals surface area contributed by atoms with Crippen molar-refractivity contribution in [2.75, 3.05) is 49.0 Å². The Morgan fingerprint density at radius 1 is 0.902 bits per heavy atom. The number of halogens is 3. The minimum Gasteiger partial charge on any atom is -0.506 e. The number of rotatable bonds is 18. The molecule has 1 fully saturated rings. The van der Waals surface area contributed by atoms with Crippen molar-refractivity contribution < 1.29 is 33.3 Å². The molecule has 284 valence electrons. The number of phenols is 2. The average Bonchev–Trinajstić information content (AvgIpc) is 3.06. The Bertz CT molecular complexity index is 1630. The van der Waals surface area contributed by atoms with E-state index in [-0.39, 0.29) is 53.1 Å². The van der Waals surface area contributed by atoms with Gasteiger partial charge in [0.1, 0.15) is 17.6 Å². The number of unbranched alkanes of at least 4 members (excludes halogenated alkanes) is 6. The van der Waals surface area contributed by atoms with Gasteiger partial charge in [-0.25, -0.2) is 13.2 Å². The van der Waals surface area contributed by atoms with E-state index in [9.17, 15) is 28.5 Å². The maximum absolute atomic E-state index is 12.7. The highest BCUT2D eigenvalue weighted by molar-refractivity contribution is 7.92. The Kier molecular flexibility index (Phi) is 19.2. The van der Waals surface area contributed by atoms with E-state index >= 15 is 0 Å². The number of aliphatic hydroxyl groups is 1. The molecular weight excluding hydrogens is 739 g/mol. The number of para-hydroxylation sites is 1. The molecule has 11 nitrogen and oxygen atoms in total. The Labute approximate surface area is 319 Å². The molecule has 1 atom stereocenters. The minimum atomic E-state index is -3.54. The van der Waals surface area contributed by atoms with Crippen LogP contribution in [0.1, 0.15) is 69.5 Å². The van der Waals surface area contributed by atoms with E-state index in [1.54, 1.807) is 18.2 Å². The van der Waals surface area contributed by atoms with Crippen molar-refractivity contribution in [3.05, 3.63) is 71.2 Å². The molecule has 4 rings (SSSR count). The number of carbonyl (C=O) groups is 1. The molecule has 0 aromatic heterocycles. The van der Waals surface area contributed by atoms with Gasteiger partial charge in [-0.15, -0.1) is 24.8 Å². The van der Waals surface area contributed by atoms with Crippen molar-refractivity contribution in [3.63, 3.8) is 0 Å². The number of amides is 1. The van der Waals surface area contributed by atoms with Gasteiger partial charge >= 0.3 is 6.09 Å². The number of carbonyl (C=O) groups excluding carboxylic acids is 1. The molecule has 1 aliphatic heterocycles. The van der Waals surface area contributed by atoms with Crippen LogP contribution in [0.15, 0.2) is 60.7 Å². The number of sulfonamides is 1. The lowest BCUT2D eigenvalue weighted by molar-refractivity contribution is 0.0584. The van der Waals surface area contributed by atoms with E-state index in [0.29, 0.717) is 17.8 Å². The molecule has 0 saturated carbocycles. The first-order valence-corrected chi connectivity index (χ1v) is 19.2. The normalized spacial score (nSPS) is 14.2. The Hall–Kier alpha value is -2.97. The molecule has 1 aliphatic rings. The van der Waals surface area contributed by atoms with Gasteiger partial charge in [0.25, 0.3) is 0 Å². The summed E-state index contributed by atoms with van der Waals surface area (Å²) in [6.45, 7) is 4.00. The second-order valence-electron chi connectivity index (χ2n) is 12.6. The molecular formula is C36H51Cl3N4O7S. The van der Waals surface area contributed by atoms with E-state index < -0.39 is 22.2 Å². The summed E-state index contributed by atoms with van der Waals surface area (Å²) in [5.41, 5.74) is 2.76. The van der Waals surface area contributed by atoms with Crippen molar-refractivity contribution in [3.8, 4) is 22.6 Å². The zero-order chi connectivity index (χ0) is 35.2. The lowest BCUT2D eigenvalue weighted by Gasteiger charge is -2.31. The number of benzene rings is 3.